The first-order valence-corrected chi connectivity index (χ1v) is 11.5. The second-order valence-corrected chi connectivity index (χ2v) is 8.86. The third-order valence-corrected chi connectivity index (χ3v) is 6.84. The van der Waals surface area contributed by atoms with Gasteiger partial charge in [-0.2, -0.15) is 0 Å². The van der Waals surface area contributed by atoms with Gasteiger partial charge in [0.25, 0.3) is 5.91 Å². The van der Waals surface area contributed by atoms with Gasteiger partial charge in [-0.25, -0.2) is 4.99 Å². The van der Waals surface area contributed by atoms with E-state index < -0.39 is 0 Å². The Bertz CT molecular complexity index is 953. The summed E-state index contributed by atoms with van der Waals surface area (Å²) in [7, 11) is 0. The van der Waals surface area contributed by atoms with E-state index in [2.05, 4.69) is 39.6 Å². The van der Waals surface area contributed by atoms with Crippen molar-refractivity contribution in [3.63, 3.8) is 0 Å². The number of thioether (sulfide) groups is 1. The van der Waals surface area contributed by atoms with Crippen LogP contribution in [0.15, 0.2) is 58.4 Å². The van der Waals surface area contributed by atoms with E-state index >= 15 is 0 Å². The van der Waals surface area contributed by atoms with Gasteiger partial charge in [-0.05, 0) is 83.2 Å². The van der Waals surface area contributed by atoms with Crippen LogP contribution >= 0.6 is 34.4 Å². The summed E-state index contributed by atoms with van der Waals surface area (Å²) in [4.78, 5) is 22.4. The van der Waals surface area contributed by atoms with Crippen LogP contribution in [0.4, 0.5) is 11.4 Å². The van der Waals surface area contributed by atoms with Crippen LogP contribution in [0.5, 0.6) is 0 Å². The quantitative estimate of drug-likeness (QED) is 0.432. The predicted molar refractivity (Wildman–Crippen MR) is 129 cm³/mol. The molecule has 0 aromatic heterocycles. The Labute approximate surface area is 189 Å². The Balaban J connectivity index is 1.56. The summed E-state index contributed by atoms with van der Waals surface area (Å²) in [6.07, 6.45) is 1.96. The van der Waals surface area contributed by atoms with Gasteiger partial charge in [0, 0.05) is 28.9 Å². The number of ether oxygens (including phenoxy) is 1. The van der Waals surface area contributed by atoms with Crippen molar-refractivity contribution >= 4 is 62.9 Å². The molecule has 7 heteroatoms. The molecule has 2 aromatic rings. The molecule has 29 heavy (non-hydrogen) atoms. The number of rotatable bonds is 4. The zero-order valence-electron chi connectivity index (χ0n) is 16.2. The first-order valence-electron chi connectivity index (χ1n) is 9.63. The van der Waals surface area contributed by atoms with Gasteiger partial charge in [-0.3, -0.25) is 9.69 Å². The van der Waals surface area contributed by atoms with Crippen molar-refractivity contribution in [1.29, 1.82) is 0 Å². The SMILES string of the molecule is CCN1C(=O)/C(=C/c2ccccc2I)SC1=Nc1ccc(N2CCOCC2)cc1. The molecule has 2 heterocycles. The Morgan fingerprint density at radius 3 is 2.55 bits per heavy atom. The lowest BCUT2D eigenvalue weighted by Crippen LogP contribution is -2.36. The normalized spacial score (nSPS) is 20.1. The van der Waals surface area contributed by atoms with Crippen LogP contribution in [0.2, 0.25) is 0 Å². The molecule has 0 atom stereocenters. The van der Waals surface area contributed by atoms with Crippen LogP contribution in [0.1, 0.15) is 12.5 Å². The monoisotopic (exact) mass is 519 g/mol. The molecule has 2 aromatic carbocycles. The van der Waals surface area contributed by atoms with Crippen LogP contribution in [0, 0.1) is 3.57 Å². The van der Waals surface area contributed by atoms with E-state index in [1.807, 2.05) is 49.4 Å². The number of carbonyl (C=O) groups excluding carboxylic acids is 1. The van der Waals surface area contributed by atoms with Crippen LogP contribution in [0.3, 0.4) is 0 Å². The number of aliphatic imine (C=N–C) groups is 1. The molecule has 2 saturated heterocycles. The van der Waals surface area contributed by atoms with Crippen LogP contribution < -0.4 is 4.90 Å². The van der Waals surface area contributed by atoms with Gasteiger partial charge in [0.1, 0.15) is 0 Å². The van der Waals surface area contributed by atoms with Gasteiger partial charge in [-0.1, -0.05) is 18.2 Å². The molecule has 2 aliphatic rings. The molecule has 1 amide bonds. The van der Waals surface area contributed by atoms with Gasteiger partial charge in [-0.15, -0.1) is 0 Å². The first-order chi connectivity index (χ1) is 14.2. The number of amides is 1. The summed E-state index contributed by atoms with van der Waals surface area (Å²) in [5.41, 5.74) is 3.08. The molecule has 0 radical (unpaired) electrons. The molecule has 0 spiro atoms. The van der Waals surface area contributed by atoms with Crippen molar-refractivity contribution in [3.8, 4) is 0 Å². The fourth-order valence-electron chi connectivity index (χ4n) is 3.27. The van der Waals surface area contributed by atoms with E-state index in [1.165, 1.54) is 17.4 Å². The summed E-state index contributed by atoms with van der Waals surface area (Å²) in [5.74, 6) is 0.0147. The molecule has 5 nitrogen and oxygen atoms in total. The maximum Gasteiger partial charge on any atom is 0.266 e. The molecular formula is C22H22IN3O2S. The average molecular weight is 519 g/mol. The van der Waals surface area contributed by atoms with E-state index in [1.54, 1.807) is 4.90 Å². The Morgan fingerprint density at radius 1 is 1.14 bits per heavy atom. The van der Waals surface area contributed by atoms with Crippen LogP contribution in [-0.4, -0.2) is 48.8 Å². The first kappa shape index (κ1) is 20.4. The van der Waals surface area contributed by atoms with Crippen molar-refractivity contribution in [3.05, 3.63) is 62.6 Å². The fourth-order valence-corrected chi connectivity index (χ4v) is 4.87. The fraction of sp³-hybridized carbons (Fsp3) is 0.273. The zero-order chi connectivity index (χ0) is 20.2. The minimum absolute atomic E-state index is 0.0147. The third kappa shape index (κ3) is 4.67. The lowest BCUT2D eigenvalue weighted by molar-refractivity contribution is -0.122. The molecule has 0 saturated carbocycles. The van der Waals surface area contributed by atoms with Gasteiger partial charge in [0.05, 0.1) is 23.8 Å². The van der Waals surface area contributed by atoms with Crippen molar-refractivity contribution in [2.75, 3.05) is 37.7 Å². The smallest absolute Gasteiger partial charge is 0.266 e. The highest BCUT2D eigenvalue weighted by Gasteiger charge is 2.32. The molecule has 4 rings (SSSR count). The number of hydrogen-bond donors (Lipinski definition) is 0. The topological polar surface area (TPSA) is 45.1 Å². The highest BCUT2D eigenvalue weighted by Crippen LogP contribution is 2.34. The second kappa shape index (κ2) is 9.32. The lowest BCUT2D eigenvalue weighted by Gasteiger charge is -2.28. The molecule has 0 aliphatic carbocycles. The predicted octanol–water partition coefficient (Wildman–Crippen LogP) is 4.75. The number of nitrogens with zero attached hydrogens (tertiary/aromatic N) is 3. The summed E-state index contributed by atoms with van der Waals surface area (Å²) in [6.45, 7) is 5.93. The van der Waals surface area contributed by atoms with E-state index in [4.69, 9.17) is 9.73 Å². The second-order valence-electron chi connectivity index (χ2n) is 6.69. The summed E-state index contributed by atoms with van der Waals surface area (Å²) in [6, 6.07) is 16.3. The highest BCUT2D eigenvalue weighted by molar-refractivity contribution is 14.1. The maximum absolute atomic E-state index is 12.8. The minimum Gasteiger partial charge on any atom is -0.378 e. The number of amidine groups is 1. The van der Waals surface area contributed by atoms with E-state index in [-0.39, 0.29) is 5.91 Å². The average Bonchev–Trinajstić information content (AvgIpc) is 3.05. The van der Waals surface area contributed by atoms with Crippen LogP contribution in [0.25, 0.3) is 6.08 Å². The Hall–Kier alpha value is -1.84. The van der Waals surface area contributed by atoms with E-state index in [9.17, 15) is 4.79 Å². The van der Waals surface area contributed by atoms with Crippen LogP contribution in [-0.2, 0) is 9.53 Å². The number of hydrogen-bond acceptors (Lipinski definition) is 5. The van der Waals surface area contributed by atoms with Crippen molar-refractivity contribution in [2.45, 2.75) is 6.92 Å². The molecule has 0 unspecified atom stereocenters. The number of morpholine rings is 1. The van der Waals surface area contributed by atoms with Gasteiger partial charge >= 0.3 is 0 Å². The van der Waals surface area contributed by atoms with Crippen molar-refractivity contribution in [2.24, 2.45) is 4.99 Å². The van der Waals surface area contributed by atoms with E-state index in [0.717, 1.165) is 46.3 Å². The number of halogens is 1. The maximum atomic E-state index is 12.8. The lowest BCUT2D eigenvalue weighted by atomic mass is 10.2. The van der Waals surface area contributed by atoms with E-state index in [0.29, 0.717) is 11.4 Å². The van der Waals surface area contributed by atoms with Gasteiger partial charge < -0.3 is 9.64 Å². The van der Waals surface area contributed by atoms with Crippen molar-refractivity contribution in [1.82, 2.24) is 4.90 Å². The molecule has 150 valence electrons. The summed E-state index contributed by atoms with van der Waals surface area (Å²) in [5, 5.41) is 0.730. The van der Waals surface area contributed by atoms with Gasteiger partial charge in [0.15, 0.2) is 5.17 Å². The molecule has 2 aliphatic heterocycles. The molecular weight excluding hydrogens is 497 g/mol. The third-order valence-electron chi connectivity index (χ3n) is 4.85. The highest BCUT2D eigenvalue weighted by atomic mass is 127. The Morgan fingerprint density at radius 2 is 1.86 bits per heavy atom. The number of anilines is 1. The standard InChI is InChI=1S/C22H22IN3O2S/c1-2-26-21(27)20(15-16-5-3-4-6-19(16)23)29-22(26)24-17-7-9-18(10-8-17)25-11-13-28-14-12-25/h3-10,15H,2,11-14H2,1H3/b20-15-,24-22?. The zero-order valence-corrected chi connectivity index (χ0v) is 19.2. The number of carbonyl (C=O) groups is 1. The minimum atomic E-state index is 0.0147. The largest absolute Gasteiger partial charge is 0.378 e. The molecule has 2 fully saturated rings. The molecule has 0 bridgehead atoms. The Kier molecular flexibility index (Phi) is 6.56. The number of likely N-dealkylation sites (N-methyl/N-ethyl adjacent to an activating group) is 1. The number of benzene rings is 2. The molecule has 0 N–H and O–H groups in total. The summed E-state index contributed by atoms with van der Waals surface area (Å²) < 4.78 is 6.54. The van der Waals surface area contributed by atoms with Crippen molar-refractivity contribution < 1.29 is 9.53 Å². The van der Waals surface area contributed by atoms with Gasteiger partial charge in [0.2, 0.25) is 0 Å². The summed E-state index contributed by atoms with van der Waals surface area (Å²) >= 11 is 3.73.